The number of nitrogens with zero attached hydrogens (tertiary/aromatic N) is 2. The minimum Gasteiger partial charge on any atom is -0.444 e. The standard InChI is InChI=1S/C18H34N2O7/c1-18(2,3)27-17(22)20-7-5-19(6-8-20)16(21)15-26-14-13-25-12-11-24-10-9-23-4/h5-15H2,1-4H3. The van der Waals surface area contributed by atoms with Crippen LogP contribution in [0.5, 0.6) is 0 Å². The van der Waals surface area contributed by atoms with Crippen LogP contribution < -0.4 is 0 Å². The van der Waals surface area contributed by atoms with E-state index in [2.05, 4.69) is 0 Å². The molecule has 9 nitrogen and oxygen atoms in total. The van der Waals surface area contributed by atoms with E-state index >= 15 is 0 Å². The van der Waals surface area contributed by atoms with Gasteiger partial charge >= 0.3 is 6.09 Å². The summed E-state index contributed by atoms with van der Waals surface area (Å²) in [5.74, 6) is -0.0817. The van der Waals surface area contributed by atoms with Gasteiger partial charge in [-0.2, -0.15) is 0 Å². The first-order valence-corrected chi connectivity index (χ1v) is 9.31. The number of methoxy groups -OCH3 is 1. The average molecular weight is 390 g/mol. The van der Waals surface area contributed by atoms with Crippen molar-refractivity contribution in [1.29, 1.82) is 0 Å². The van der Waals surface area contributed by atoms with Crippen molar-refractivity contribution in [2.75, 3.05) is 79.5 Å². The fourth-order valence-corrected chi connectivity index (χ4v) is 2.30. The van der Waals surface area contributed by atoms with E-state index in [9.17, 15) is 9.59 Å². The first-order valence-electron chi connectivity index (χ1n) is 9.31. The topological polar surface area (TPSA) is 86.8 Å². The maximum atomic E-state index is 12.1. The van der Waals surface area contributed by atoms with Gasteiger partial charge in [0.15, 0.2) is 0 Å². The molecule has 0 aromatic heterocycles. The highest BCUT2D eigenvalue weighted by molar-refractivity contribution is 5.78. The SMILES string of the molecule is COCCOCCOCCOCC(=O)N1CCN(C(=O)OC(C)(C)C)CC1. The fourth-order valence-electron chi connectivity index (χ4n) is 2.30. The lowest BCUT2D eigenvalue weighted by Gasteiger charge is -2.35. The van der Waals surface area contributed by atoms with E-state index in [1.165, 1.54) is 0 Å². The molecular weight excluding hydrogens is 356 g/mol. The van der Waals surface area contributed by atoms with Gasteiger partial charge in [0.25, 0.3) is 0 Å². The molecule has 0 aromatic rings. The summed E-state index contributed by atoms with van der Waals surface area (Å²) < 4.78 is 26.2. The Morgan fingerprint density at radius 1 is 0.778 bits per heavy atom. The van der Waals surface area contributed by atoms with Crippen LogP contribution >= 0.6 is 0 Å². The van der Waals surface area contributed by atoms with Gasteiger partial charge in [0.1, 0.15) is 12.2 Å². The van der Waals surface area contributed by atoms with Crippen molar-refractivity contribution in [1.82, 2.24) is 9.80 Å². The Morgan fingerprint density at radius 2 is 1.26 bits per heavy atom. The molecule has 1 heterocycles. The molecule has 1 saturated heterocycles. The Bertz CT molecular complexity index is 432. The molecule has 0 atom stereocenters. The molecule has 0 N–H and O–H groups in total. The van der Waals surface area contributed by atoms with Crippen LogP contribution in [0, 0.1) is 0 Å². The molecular formula is C18H34N2O7. The van der Waals surface area contributed by atoms with Gasteiger partial charge in [-0.1, -0.05) is 0 Å². The van der Waals surface area contributed by atoms with Crippen molar-refractivity contribution in [3.8, 4) is 0 Å². The molecule has 1 aliphatic rings. The smallest absolute Gasteiger partial charge is 0.410 e. The largest absolute Gasteiger partial charge is 0.444 e. The normalized spacial score (nSPS) is 15.1. The zero-order valence-electron chi connectivity index (χ0n) is 17.0. The first kappa shape index (κ1) is 23.6. The van der Waals surface area contributed by atoms with Gasteiger partial charge in [0.05, 0.1) is 39.6 Å². The second-order valence-electron chi connectivity index (χ2n) is 7.12. The van der Waals surface area contributed by atoms with E-state index < -0.39 is 5.60 Å². The maximum Gasteiger partial charge on any atom is 0.410 e. The van der Waals surface area contributed by atoms with Gasteiger partial charge in [-0.3, -0.25) is 4.79 Å². The van der Waals surface area contributed by atoms with E-state index in [-0.39, 0.29) is 18.6 Å². The van der Waals surface area contributed by atoms with E-state index in [1.54, 1.807) is 16.9 Å². The minimum absolute atomic E-state index is 0.0140. The predicted octanol–water partition coefficient (Wildman–Crippen LogP) is 0.762. The molecule has 0 aromatic carbocycles. The quantitative estimate of drug-likeness (QED) is 0.482. The molecule has 1 aliphatic heterocycles. The Balaban J connectivity index is 2.05. The highest BCUT2D eigenvalue weighted by Gasteiger charge is 2.27. The van der Waals surface area contributed by atoms with Gasteiger partial charge in [-0.25, -0.2) is 4.79 Å². The highest BCUT2D eigenvalue weighted by atomic mass is 16.6. The summed E-state index contributed by atoms with van der Waals surface area (Å²) in [6.07, 6.45) is -0.339. The number of amides is 2. The fraction of sp³-hybridized carbons (Fsp3) is 0.889. The molecule has 1 fully saturated rings. The van der Waals surface area contributed by atoms with Crippen molar-refractivity contribution < 1.29 is 33.3 Å². The summed E-state index contributed by atoms with van der Waals surface area (Å²) in [5.41, 5.74) is -0.518. The summed E-state index contributed by atoms with van der Waals surface area (Å²) in [6.45, 7) is 10.3. The lowest BCUT2D eigenvalue weighted by atomic mass is 10.2. The van der Waals surface area contributed by atoms with Crippen molar-refractivity contribution in [3.05, 3.63) is 0 Å². The van der Waals surface area contributed by atoms with Crippen molar-refractivity contribution in [3.63, 3.8) is 0 Å². The number of piperazine rings is 1. The molecule has 0 radical (unpaired) electrons. The number of carbonyl (C=O) groups excluding carboxylic acids is 2. The molecule has 9 heteroatoms. The van der Waals surface area contributed by atoms with Crippen LogP contribution in [-0.2, 0) is 28.5 Å². The third kappa shape index (κ3) is 11.1. The Hall–Kier alpha value is -1.42. The summed E-state index contributed by atoms with van der Waals surface area (Å²) >= 11 is 0. The zero-order valence-corrected chi connectivity index (χ0v) is 17.0. The van der Waals surface area contributed by atoms with Crippen molar-refractivity contribution in [2.24, 2.45) is 0 Å². The second kappa shape index (κ2) is 12.9. The third-order valence-corrected chi connectivity index (χ3v) is 3.69. The first-order chi connectivity index (χ1) is 12.8. The molecule has 158 valence electrons. The molecule has 0 aliphatic carbocycles. The molecule has 0 bridgehead atoms. The number of ether oxygens (including phenoxy) is 5. The van der Waals surface area contributed by atoms with Crippen LogP contribution in [0.1, 0.15) is 20.8 Å². The number of hydrogen-bond acceptors (Lipinski definition) is 7. The third-order valence-electron chi connectivity index (χ3n) is 3.69. The summed E-state index contributed by atoms with van der Waals surface area (Å²) in [4.78, 5) is 27.5. The summed E-state index contributed by atoms with van der Waals surface area (Å²) in [7, 11) is 1.62. The average Bonchev–Trinajstić information content (AvgIpc) is 2.62. The van der Waals surface area contributed by atoms with E-state index in [4.69, 9.17) is 23.7 Å². The molecule has 0 unspecified atom stereocenters. The van der Waals surface area contributed by atoms with Gasteiger partial charge in [-0.05, 0) is 20.8 Å². The van der Waals surface area contributed by atoms with Gasteiger partial charge in [0, 0.05) is 33.3 Å². The van der Waals surface area contributed by atoms with Gasteiger partial charge in [-0.15, -0.1) is 0 Å². The molecule has 27 heavy (non-hydrogen) atoms. The lowest BCUT2D eigenvalue weighted by molar-refractivity contribution is -0.138. The zero-order chi connectivity index (χ0) is 20.1. The van der Waals surface area contributed by atoms with E-state index in [1.807, 2.05) is 20.8 Å². The predicted molar refractivity (Wildman–Crippen MR) is 98.7 cm³/mol. The minimum atomic E-state index is -0.518. The van der Waals surface area contributed by atoms with Crippen LogP contribution in [0.3, 0.4) is 0 Å². The van der Waals surface area contributed by atoms with Crippen molar-refractivity contribution >= 4 is 12.0 Å². The van der Waals surface area contributed by atoms with Crippen LogP contribution in [-0.4, -0.2) is 107 Å². The highest BCUT2D eigenvalue weighted by Crippen LogP contribution is 2.12. The summed E-state index contributed by atoms with van der Waals surface area (Å²) in [5, 5.41) is 0. The van der Waals surface area contributed by atoms with Crippen molar-refractivity contribution in [2.45, 2.75) is 26.4 Å². The maximum absolute atomic E-state index is 12.1. The van der Waals surface area contributed by atoms with Crippen LogP contribution in [0.2, 0.25) is 0 Å². The Kier molecular flexibility index (Phi) is 11.3. The van der Waals surface area contributed by atoms with E-state index in [0.29, 0.717) is 65.8 Å². The number of carbonyl (C=O) groups is 2. The van der Waals surface area contributed by atoms with Crippen LogP contribution in [0.15, 0.2) is 0 Å². The molecule has 0 saturated carbocycles. The molecule has 1 rings (SSSR count). The van der Waals surface area contributed by atoms with E-state index in [0.717, 1.165) is 0 Å². The summed E-state index contributed by atoms with van der Waals surface area (Å²) in [6, 6.07) is 0. The lowest BCUT2D eigenvalue weighted by Crippen LogP contribution is -2.52. The van der Waals surface area contributed by atoms with Gasteiger partial charge < -0.3 is 33.5 Å². The Morgan fingerprint density at radius 3 is 1.78 bits per heavy atom. The number of rotatable bonds is 11. The molecule has 2 amide bonds. The van der Waals surface area contributed by atoms with Gasteiger partial charge in [0.2, 0.25) is 5.91 Å². The second-order valence-corrected chi connectivity index (χ2v) is 7.12. The Labute approximate surface area is 161 Å². The van der Waals surface area contributed by atoms with Crippen LogP contribution in [0.25, 0.3) is 0 Å². The van der Waals surface area contributed by atoms with Crippen LogP contribution in [0.4, 0.5) is 4.79 Å². The number of hydrogen-bond donors (Lipinski definition) is 0. The molecule has 0 spiro atoms. The monoisotopic (exact) mass is 390 g/mol.